The van der Waals surface area contributed by atoms with Crippen molar-refractivity contribution >= 4 is 29.6 Å². The average Bonchev–Trinajstić information content (AvgIpc) is 2.45. The van der Waals surface area contributed by atoms with E-state index in [2.05, 4.69) is 15.6 Å². The third-order valence-corrected chi connectivity index (χ3v) is 1.90. The number of amides is 3. The van der Waals surface area contributed by atoms with Crippen molar-refractivity contribution in [2.45, 2.75) is 0 Å². The van der Waals surface area contributed by atoms with Crippen molar-refractivity contribution in [2.75, 3.05) is 32.7 Å². The van der Waals surface area contributed by atoms with E-state index in [0.29, 0.717) is 0 Å². The van der Waals surface area contributed by atoms with Crippen molar-refractivity contribution in [1.29, 1.82) is 0 Å². The molecule has 0 aliphatic heterocycles. The Morgan fingerprint density at radius 1 is 0.955 bits per heavy atom. The van der Waals surface area contributed by atoms with E-state index in [4.69, 9.17) is 10.8 Å². The summed E-state index contributed by atoms with van der Waals surface area (Å²) in [5.74, 6) is -3.83. The van der Waals surface area contributed by atoms with E-state index in [-0.39, 0.29) is 36.1 Å². The van der Waals surface area contributed by atoms with Crippen LogP contribution in [0, 0.1) is 0 Å². The van der Waals surface area contributed by atoms with Gasteiger partial charge in [0.15, 0.2) is 0 Å². The van der Waals surface area contributed by atoms with Gasteiger partial charge in [-0.2, -0.15) is 0 Å². The minimum atomic E-state index is -1.21. The van der Waals surface area contributed by atoms with Gasteiger partial charge in [-0.15, -0.1) is 0 Å². The molecule has 0 aromatic heterocycles. The molecule has 22 heavy (non-hydrogen) atoms. The second-order valence-electron chi connectivity index (χ2n) is 3.64. The van der Waals surface area contributed by atoms with E-state index >= 15 is 0 Å². The second kappa shape index (κ2) is 13.0. The summed E-state index contributed by atoms with van der Waals surface area (Å²) in [6.45, 7) is -2.13. The van der Waals surface area contributed by atoms with E-state index in [1.54, 1.807) is 0 Å². The third-order valence-electron chi connectivity index (χ3n) is 1.90. The van der Waals surface area contributed by atoms with Gasteiger partial charge >= 0.3 is 35.5 Å². The van der Waals surface area contributed by atoms with Crippen LogP contribution in [0.4, 0.5) is 0 Å². The quantitative estimate of drug-likeness (QED) is 0.158. The number of hydrogen-bond donors (Lipinski definition) is 5. The Morgan fingerprint density at radius 3 is 1.86 bits per heavy atom. The van der Waals surface area contributed by atoms with Crippen molar-refractivity contribution < 1.29 is 58.9 Å². The van der Waals surface area contributed by atoms with Crippen molar-refractivity contribution in [3.63, 3.8) is 0 Å². The third kappa shape index (κ3) is 13.3. The molecule has 12 heteroatoms. The maximum Gasteiger partial charge on any atom is 1.00 e. The molecule has 0 rings (SSSR count). The van der Waals surface area contributed by atoms with Gasteiger partial charge in [-0.05, 0) is 5.90 Å². The van der Waals surface area contributed by atoms with Gasteiger partial charge < -0.3 is 31.9 Å². The first-order chi connectivity index (χ1) is 9.85. The molecule has 0 saturated heterocycles. The zero-order valence-electron chi connectivity index (χ0n) is 12.0. The van der Waals surface area contributed by atoms with Crippen LogP contribution >= 0.6 is 0 Å². The Labute approximate surface area is 148 Å². The fraction of sp³-hybridized carbons (Fsp3) is 0.500. The topological polar surface area (TPSA) is 186 Å². The van der Waals surface area contributed by atoms with Crippen LogP contribution in [0.3, 0.4) is 0 Å². The molecular weight excluding hydrogens is 309 g/mol. The van der Waals surface area contributed by atoms with Gasteiger partial charge in [0.25, 0.3) is 0 Å². The summed E-state index contributed by atoms with van der Waals surface area (Å²) < 4.78 is 0. The van der Waals surface area contributed by atoms with Crippen LogP contribution in [-0.4, -0.2) is 67.4 Å². The van der Waals surface area contributed by atoms with Gasteiger partial charge in [-0.3, -0.25) is 24.2 Å². The predicted molar refractivity (Wildman–Crippen MR) is 68.0 cm³/mol. The Morgan fingerprint density at radius 2 is 1.41 bits per heavy atom. The normalized spacial score (nSPS) is 10.1. The van der Waals surface area contributed by atoms with Crippen molar-refractivity contribution in [3.05, 3.63) is 0 Å². The molecule has 3 amide bonds. The summed E-state index contributed by atoms with van der Waals surface area (Å²) in [6.07, 6.45) is 0. The van der Waals surface area contributed by atoms with Crippen LogP contribution < -0.4 is 56.3 Å². The maximum absolute atomic E-state index is 11.2. The van der Waals surface area contributed by atoms with Gasteiger partial charge in [0, 0.05) is 6.54 Å². The molecule has 0 aliphatic carbocycles. The first kappa shape index (κ1) is 22.6. The van der Waals surface area contributed by atoms with Gasteiger partial charge in [0.2, 0.25) is 17.7 Å². The smallest absolute Gasteiger partial charge is 0.861 e. The molecule has 0 aromatic rings. The maximum atomic E-state index is 11.2. The number of nitrogens with two attached hydrogens (primary N) is 1. The van der Waals surface area contributed by atoms with Crippen LogP contribution in [-0.2, 0) is 19.2 Å². The number of nitrogens with one attached hydrogen (secondary N) is 3. The summed E-state index contributed by atoms with van der Waals surface area (Å²) in [6, 6.07) is 0. The Bertz CT molecular complexity index is 442. The number of aliphatic imine (C=N–C) groups is 1. The number of nitrogens with zero attached hydrogens (tertiary/aromatic N) is 1. The first-order valence-electron chi connectivity index (χ1n) is 5.77. The van der Waals surface area contributed by atoms with E-state index in [1.807, 2.05) is 5.32 Å². The van der Waals surface area contributed by atoms with Crippen molar-refractivity contribution in [3.8, 4) is 0 Å². The molecule has 0 unspecified atom stereocenters. The second-order valence-corrected chi connectivity index (χ2v) is 3.64. The van der Waals surface area contributed by atoms with E-state index in [1.165, 1.54) is 0 Å². The molecular formula is C10H16N5NaO6. The molecule has 0 aliphatic rings. The van der Waals surface area contributed by atoms with Gasteiger partial charge in [-0.25, -0.2) is 0 Å². The van der Waals surface area contributed by atoms with E-state index < -0.39 is 55.8 Å². The Hall–Kier alpha value is -1.69. The number of carbonyl (C=O) groups excluding carboxylic acids is 3. The summed E-state index contributed by atoms with van der Waals surface area (Å²) in [5, 5.41) is 25.4. The largest absolute Gasteiger partial charge is 1.00 e. The number of hydrogen-bond acceptors (Lipinski definition) is 7. The number of carboxylic acids is 1. The molecule has 0 heterocycles. The molecule has 118 valence electrons. The SMILES string of the molecule is NCC([O-])=NCC(=O)NCC(=O)NCC(=O)NCC(=O)O.[Na+]. The Balaban J connectivity index is 0. The van der Waals surface area contributed by atoms with Gasteiger partial charge in [-0.1, -0.05) is 0 Å². The average molecular weight is 325 g/mol. The molecule has 0 atom stereocenters. The standard InChI is InChI=1S/C10H17N5O6.Na/c11-1-6(16)12-2-7(17)13-3-8(18)14-4-9(19)15-5-10(20)21;/h1-5,11H2,(H,12,16)(H,13,17)(H,14,18)(H,15,19)(H,20,21);/q;+1/p-1. The van der Waals surface area contributed by atoms with Crippen LogP contribution in [0.1, 0.15) is 0 Å². The minimum Gasteiger partial charge on any atom is -0.861 e. The summed E-state index contributed by atoms with van der Waals surface area (Å²) in [5.41, 5.74) is 4.98. The first-order valence-corrected chi connectivity index (χ1v) is 5.77. The summed E-state index contributed by atoms with van der Waals surface area (Å²) >= 11 is 0. The molecule has 0 bridgehead atoms. The van der Waals surface area contributed by atoms with Gasteiger partial charge in [0.1, 0.15) is 13.1 Å². The van der Waals surface area contributed by atoms with Crippen LogP contribution in [0.25, 0.3) is 0 Å². The Kier molecular flexibility index (Phi) is 13.4. The molecule has 6 N–H and O–H groups in total. The zero-order chi connectivity index (χ0) is 16.3. The van der Waals surface area contributed by atoms with Crippen LogP contribution in [0.2, 0.25) is 0 Å². The monoisotopic (exact) mass is 325 g/mol. The fourth-order valence-corrected chi connectivity index (χ4v) is 0.937. The van der Waals surface area contributed by atoms with E-state index in [9.17, 15) is 24.3 Å². The van der Waals surface area contributed by atoms with Gasteiger partial charge in [0.05, 0.1) is 13.1 Å². The number of carboxylic acid groups (broad SMARTS) is 1. The van der Waals surface area contributed by atoms with Crippen molar-refractivity contribution in [1.82, 2.24) is 16.0 Å². The zero-order valence-corrected chi connectivity index (χ0v) is 14.0. The number of carbonyl (C=O) groups is 4. The van der Waals surface area contributed by atoms with Crippen LogP contribution in [0.5, 0.6) is 0 Å². The molecule has 0 aromatic carbocycles. The molecule has 0 radical (unpaired) electrons. The van der Waals surface area contributed by atoms with Crippen LogP contribution in [0.15, 0.2) is 4.99 Å². The fourth-order valence-electron chi connectivity index (χ4n) is 0.937. The minimum absolute atomic E-state index is 0. The van der Waals surface area contributed by atoms with Crippen molar-refractivity contribution in [2.24, 2.45) is 10.7 Å². The van der Waals surface area contributed by atoms with E-state index in [0.717, 1.165) is 0 Å². The molecule has 11 nitrogen and oxygen atoms in total. The number of rotatable bonds is 9. The molecule has 0 spiro atoms. The summed E-state index contributed by atoms with van der Waals surface area (Å²) in [7, 11) is 0. The molecule has 0 fully saturated rings. The molecule has 0 saturated carbocycles. The number of aliphatic carboxylic acids is 1. The predicted octanol–water partition coefficient (Wildman–Crippen LogP) is -7.86. The summed E-state index contributed by atoms with van der Waals surface area (Å²) in [4.78, 5) is 46.9.